The maximum atomic E-state index is 12.2. The smallest absolute Gasteiger partial charge is 0.262 e. The third kappa shape index (κ3) is 4.17. The summed E-state index contributed by atoms with van der Waals surface area (Å²) in [4.78, 5) is 25.8. The van der Waals surface area contributed by atoms with E-state index in [1.54, 1.807) is 29.2 Å². The monoisotopic (exact) mass is 372 g/mol. The molecule has 1 aliphatic heterocycles. The summed E-state index contributed by atoms with van der Waals surface area (Å²) in [7, 11) is 0. The number of carbonyl (C=O) groups excluding carboxylic acids is 2. The minimum absolute atomic E-state index is 0.101. The molecule has 1 N–H and O–H groups in total. The van der Waals surface area contributed by atoms with Crippen molar-refractivity contribution in [1.82, 2.24) is 0 Å². The predicted molar refractivity (Wildman–Crippen MR) is 103 cm³/mol. The third-order valence-corrected chi connectivity index (χ3v) is 4.51. The molecule has 2 aromatic carbocycles. The maximum Gasteiger partial charge on any atom is 0.262 e. The SMILES string of the molecule is Cc1cc(Cl)cc(C)c1OCC(=O)Nc1cccc(N2CCCC2=O)c1. The minimum atomic E-state index is -0.261. The summed E-state index contributed by atoms with van der Waals surface area (Å²) in [6.45, 7) is 4.40. The highest BCUT2D eigenvalue weighted by atomic mass is 35.5. The highest BCUT2D eigenvalue weighted by Crippen LogP contribution is 2.27. The number of rotatable bonds is 5. The van der Waals surface area contributed by atoms with Crippen LogP contribution in [0.1, 0.15) is 24.0 Å². The topological polar surface area (TPSA) is 58.6 Å². The predicted octanol–water partition coefficient (Wildman–Crippen LogP) is 4.10. The Bertz CT molecular complexity index is 828. The quantitative estimate of drug-likeness (QED) is 0.859. The first-order valence-electron chi connectivity index (χ1n) is 8.54. The van der Waals surface area contributed by atoms with Gasteiger partial charge in [0.15, 0.2) is 6.61 Å². The van der Waals surface area contributed by atoms with Gasteiger partial charge in [-0.2, -0.15) is 0 Å². The van der Waals surface area contributed by atoms with Gasteiger partial charge in [-0.05, 0) is 61.7 Å². The lowest BCUT2D eigenvalue weighted by Crippen LogP contribution is -2.24. The molecule has 1 aliphatic rings. The van der Waals surface area contributed by atoms with Gasteiger partial charge >= 0.3 is 0 Å². The Morgan fingerprint density at radius 2 is 1.96 bits per heavy atom. The van der Waals surface area contributed by atoms with Crippen LogP contribution in [-0.4, -0.2) is 25.0 Å². The van der Waals surface area contributed by atoms with Crippen LogP contribution in [0.15, 0.2) is 36.4 Å². The summed E-state index contributed by atoms with van der Waals surface area (Å²) in [6.07, 6.45) is 1.44. The van der Waals surface area contributed by atoms with Crippen molar-refractivity contribution < 1.29 is 14.3 Å². The fraction of sp³-hybridized carbons (Fsp3) is 0.300. The van der Waals surface area contributed by atoms with Crippen LogP contribution in [0.25, 0.3) is 0 Å². The molecule has 0 spiro atoms. The van der Waals surface area contributed by atoms with E-state index in [9.17, 15) is 9.59 Å². The van der Waals surface area contributed by atoms with E-state index in [1.807, 2.05) is 26.0 Å². The molecule has 1 fully saturated rings. The molecule has 0 unspecified atom stereocenters. The molecule has 0 radical (unpaired) electrons. The van der Waals surface area contributed by atoms with Gasteiger partial charge in [0, 0.05) is 29.4 Å². The van der Waals surface area contributed by atoms with Crippen molar-refractivity contribution in [2.45, 2.75) is 26.7 Å². The Balaban J connectivity index is 1.63. The highest BCUT2D eigenvalue weighted by Gasteiger charge is 2.21. The average Bonchev–Trinajstić information content (AvgIpc) is 3.00. The molecular weight excluding hydrogens is 352 g/mol. The number of carbonyl (C=O) groups is 2. The number of hydrogen-bond acceptors (Lipinski definition) is 3. The fourth-order valence-electron chi connectivity index (χ4n) is 3.13. The Labute approximate surface area is 157 Å². The van der Waals surface area contributed by atoms with E-state index in [4.69, 9.17) is 16.3 Å². The molecule has 1 heterocycles. The van der Waals surface area contributed by atoms with Crippen LogP contribution >= 0.6 is 11.6 Å². The molecule has 1 saturated heterocycles. The molecule has 26 heavy (non-hydrogen) atoms. The van der Waals surface area contributed by atoms with Crippen LogP contribution in [0.3, 0.4) is 0 Å². The molecule has 0 aliphatic carbocycles. The molecule has 0 bridgehead atoms. The van der Waals surface area contributed by atoms with E-state index < -0.39 is 0 Å². The van der Waals surface area contributed by atoms with E-state index >= 15 is 0 Å². The van der Waals surface area contributed by atoms with Crippen LogP contribution < -0.4 is 15.0 Å². The fourth-order valence-corrected chi connectivity index (χ4v) is 3.46. The largest absolute Gasteiger partial charge is 0.483 e. The molecule has 2 aromatic rings. The van der Waals surface area contributed by atoms with Gasteiger partial charge in [-0.1, -0.05) is 17.7 Å². The minimum Gasteiger partial charge on any atom is -0.483 e. The number of ether oxygens (including phenoxy) is 1. The number of amides is 2. The summed E-state index contributed by atoms with van der Waals surface area (Å²) in [5, 5.41) is 3.46. The lowest BCUT2D eigenvalue weighted by molar-refractivity contribution is -0.118. The first kappa shape index (κ1) is 18.3. The van der Waals surface area contributed by atoms with E-state index in [1.165, 1.54) is 0 Å². The number of nitrogens with zero attached hydrogens (tertiary/aromatic N) is 1. The van der Waals surface area contributed by atoms with Crippen LogP contribution in [-0.2, 0) is 9.59 Å². The van der Waals surface area contributed by atoms with Crippen molar-refractivity contribution in [1.29, 1.82) is 0 Å². The van der Waals surface area contributed by atoms with Crippen LogP contribution in [0, 0.1) is 13.8 Å². The van der Waals surface area contributed by atoms with Gasteiger partial charge in [0.1, 0.15) is 5.75 Å². The van der Waals surface area contributed by atoms with Crippen molar-refractivity contribution in [3.63, 3.8) is 0 Å². The Hall–Kier alpha value is -2.53. The summed E-state index contributed by atoms with van der Waals surface area (Å²) in [5.41, 5.74) is 3.21. The summed E-state index contributed by atoms with van der Waals surface area (Å²) in [6, 6.07) is 10.9. The maximum absolute atomic E-state index is 12.2. The lowest BCUT2D eigenvalue weighted by atomic mass is 10.1. The van der Waals surface area contributed by atoms with Gasteiger partial charge in [0.25, 0.3) is 5.91 Å². The number of benzene rings is 2. The molecule has 0 atom stereocenters. The van der Waals surface area contributed by atoms with Crippen LogP contribution in [0.2, 0.25) is 5.02 Å². The van der Waals surface area contributed by atoms with E-state index in [0.29, 0.717) is 29.4 Å². The number of hydrogen-bond donors (Lipinski definition) is 1. The highest BCUT2D eigenvalue weighted by molar-refractivity contribution is 6.30. The second kappa shape index (κ2) is 7.79. The van der Waals surface area contributed by atoms with Crippen molar-refractivity contribution >= 4 is 34.8 Å². The van der Waals surface area contributed by atoms with E-state index in [-0.39, 0.29) is 18.4 Å². The number of nitrogens with one attached hydrogen (secondary N) is 1. The molecule has 136 valence electrons. The summed E-state index contributed by atoms with van der Waals surface area (Å²) >= 11 is 6.01. The van der Waals surface area contributed by atoms with Gasteiger partial charge in [-0.25, -0.2) is 0 Å². The van der Waals surface area contributed by atoms with Crippen LogP contribution in [0.5, 0.6) is 5.75 Å². The van der Waals surface area contributed by atoms with Gasteiger partial charge in [-0.3, -0.25) is 9.59 Å². The second-order valence-electron chi connectivity index (χ2n) is 6.40. The van der Waals surface area contributed by atoms with E-state index in [0.717, 1.165) is 23.2 Å². The molecule has 0 aromatic heterocycles. The first-order valence-corrected chi connectivity index (χ1v) is 8.91. The number of anilines is 2. The van der Waals surface area contributed by atoms with Crippen molar-refractivity contribution in [3.8, 4) is 5.75 Å². The van der Waals surface area contributed by atoms with Crippen LogP contribution in [0.4, 0.5) is 11.4 Å². The normalized spacial score (nSPS) is 13.8. The van der Waals surface area contributed by atoms with Crippen molar-refractivity contribution in [3.05, 3.63) is 52.5 Å². The van der Waals surface area contributed by atoms with Gasteiger partial charge in [0.05, 0.1) is 0 Å². The second-order valence-corrected chi connectivity index (χ2v) is 6.84. The van der Waals surface area contributed by atoms with Crippen molar-refractivity contribution in [2.75, 3.05) is 23.4 Å². The Morgan fingerprint density at radius 3 is 2.62 bits per heavy atom. The van der Waals surface area contributed by atoms with Crippen molar-refractivity contribution in [2.24, 2.45) is 0 Å². The molecule has 0 saturated carbocycles. The zero-order valence-electron chi connectivity index (χ0n) is 14.8. The van der Waals surface area contributed by atoms with Gasteiger partial charge in [0.2, 0.25) is 5.91 Å². The number of aryl methyl sites for hydroxylation is 2. The molecule has 3 rings (SSSR count). The Kier molecular flexibility index (Phi) is 5.47. The number of halogens is 1. The molecule has 5 nitrogen and oxygen atoms in total. The van der Waals surface area contributed by atoms with E-state index in [2.05, 4.69) is 5.32 Å². The summed E-state index contributed by atoms with van der Waals surface area (Å²) < 4.78 is 5.67. The lowest BCUT2D eigenvalue weighted by Gasteiger charge is -2.17. The first-order chi connectivity index (χ1) is 12.4. The van der Waals surface area contributed by atoms with Gasteiger partial charge in [-0.15, -0.1) is 0 Å². The van der Waals surface area contributed by atoms with Gasteiger partial charge < -0.3 is 15.0 Å². The zero-order valence-corrected chi connectivity index (χ0v) is 15.6. The average molecular weight is 373 g/mol. The molecular formula is C20H21ClN2O3. The molecule has 2 amide bonds. The Morgan fingerprint density at radius 1 is 1.23 bits per heavy atom. The third-order valence-electron chi connectivity index (χ3n) is 4.29. The molecule has 6 heteroatoms. The standard InChI is InChI=1S/C20H21ClN2O3/c1-13-9-15(21)10-14(2)20(13)26-12-18(24)22-16-5-3-6-17(11-16)23-8-4-7-19(23)25/h3,5-6,9-11H,4,7-8,12H2,1-2H3,(H,22,24). The summed E-state index contributed by atoms with van der Waals surface area (Å²) in [5.74, 6) is 0.523. The zero-order chi connectivity index (χ0) is 18.7.